The lowest BCUT2D eigenvalue weighted by atomic mass is 10.1. The highest BCUT2D eigenvalue weighted by atomic mass is 35.5. The molecular formula is C19H19Cl2FN6. The second-order valence-electron chi connectivity index (χ2n) is 6.81. The molecule has 6 nitrogen and oxygen atoms in total. The van der Waals surface area contributed by atoms with Crippen LogP contribution in [-0.4, -0.2) is 48.1 Å². The van der Waals surface area contributed by atoms with Crippen LogP contribution in [0, 0.1) is 5.82 Å². The minimum Gasteiger partial charge on any atom is -0.397 e. The van der Waals surface area contributed by atoms with Crippen LogP contribution in [0.25, 0.3) is 10.9 Å². The van der Waals surface area contributed by atoms with Gasteiger partial charge in [-0.15, -0.1) is 0 Å². The number of fused-ring (bicyclic) bond motifs is 1. The molecule has 146 valence electrons. The fourth-order valence-electron chi connectivity index (χ4n) is 3.28. The summed E-state index contributed by atoms with van der Waals surface area (Å²) < 4.78 is 14.2. The van der Waals surface area contributed by atoms with Crippen LogP contribution in [0.1, 0.15) is 0 Å². The number of nitrogens with two attached hydrogens (primary N) is 1. The van der Waals surface area contributed by atoms with E-state index >= 15 is 0 Å². The van der Waals surface area contributed by atoms with E-state index in [9.17, 15) is 4.39 Å². The SMILES string of the molecule is CN1CCN(c2cc3ncnc(Nc4cc(Cl)c(Cl)cc4F)c3cc2N)CC1. The normalized spacial score (nSPS) is 15.2. The number of hydrogen-bond acceptors (Lipinski definition) is 6. The molecule has 3 N–H and O–H groups in total. The molecule has 9 heteroatoms. The number of nitrogen functional groups attached to an aromatic ring is 1. The van der Waals surface area contributed by atoms with Crippen LogP contribution in [0.3, 0.4) is 0 Å². The summed E-state index contributed by atoms with van der Waals surface area (Å²) in [5.41, 5.74) is 8.82. The summed E-state index contributed by atoms with van der Waals surface area (Å²) in [6, 6.07) is 6.36. The van der Waals surface area contributed by atoms with Crippen molar-refractivity contribution in [2.75, 3.05) is 49.2 Å². The molecule has 3 aromatic rings. The van der Waals surface area contributed by atoms with Gasteiger partial charge in [-0.2, -0.15) is 0 Å². The van der Waals surface area contributed by atoms with Crippen molar-refractivity contribution < 1.29 is 4.39 Å². The first-order valence-electron chi connectivity index (χ1n) is 8.81. The summed E-state index contributed by atoms with van der Waals surface area (Å²) in [6.07, 6.45) is 1.43. The van der Waals surface area contributed by atoms with Gasteiger partial charge in [0.25, 0.3) is 0 Å². The summed E-state index contributed by atoms with van der Waals surface area (Å²) in [4.78, 5) is 13.1. The van der Waals surface area contributed by atoms with Crippen molar-refractivity contribution in [3.05, 3.63) is 46.5 Å². The van der Waals surface area contributed by atoms with Crippen LogP contribution in [0.5, 0.6) is 0 Å². The highest BCUT2D eigenvalue weighted by Gasteiger charge is 2.18. The molecule has 1 fully saturated rings. The maximum atomic E-state index is 14.2. The average Bonchev–Trinajstić information content (AvgIpc) is 2.67. The molecule has 0 spiro atoms. The molecule has 0 bridgehead atoms. The molecule has 0 atom stereocenters. The van der Waals surface area contributed by atoms with Gasteiger partial charge in [-0.05, 0) is 31.3 Å². The van der Waals surface area contributed by atoms with Crippen LogP contribution in [0.15, 0.2) is 30.6 Å². The van der Waals surface area contributed by atoms with Crippen molar-refractivity contribution in [2.24, 2.45) is 0 Å². The van der Waals surface area contributed by atoms with E-state index in [1.165, 1.54) is 12.4 Å². The number of likely N-dealkylation sites (N-methyl/N-ethyl adjacent to an activating group) is 1. The third-order valence-corrected chi connectivity index (χ3v) is 5.61. The molecule has 4 rings (SSSR count). The summed E-state index contributed by atoms with van der Waals surface area (Å²) in [7, 11) is 2.11. The maximum Gasteiger partial charge on any atom is 0.148 e. The monoisotopic (exact) mass is 420 g/mol. The number of aromatic nitrogens is 2. The Labute approximate surface area is 172 Å². The average molecular weight is 421 g/mol. The van der Waals surface area contributed by atoms with Gasteiger partial charge in [0.2, 0.25) is 0 Å². The fourth-order valence-corrected chi connectivity index (χ4v) is 3.59. The zero-order valence-electron chi connectivity index (χ0n) is 15.2. The van der Waals surface area contributed by atoms with E-state index in [2.05, 4.69) is 32.1 Å². The lowest BCUT2D eigenvalue weighted by Gasteiger charge is -2.34. The molecule has 0 aliphatic carbocycles. The Balaban J connectivity index is 1.71. The molecule has 0 saturated carbocycles. The molecule has 28 heavy (non-hydrogen) atoms. The minimum atomic E-state index is -0.525. The number of anilines is 4. The van der Waals surface area contributed by atoms with E-state index in [0.717, 1.165) is 43.4 Å². The molecule has 1 aliphatic rings. The number of nitrogens with one attached hydrogen (secondary N) is 1. The quantitative estimate of drug-likeness (QED) is 0.489. The molecule has 0 radical (unpaired) electrons. The molecule has 2 aromatic carbocycles. The largest absolute Gasteiger partial charge is 0.397 e. The van der Waals surface area contributed by atoms with Gasteiger partial charge in [0.15, 0.2) is 0 Å². The first-order chi connectivity index (χ1) is 13.4. The Morgan fingerprint density at radius 2 is 1.75 bits per heavy atom. The maximum absolute atomic E-state index is 14.2. The number of piperazine rings is 1. The van der Waals surface area contributed by atoms with Gasteiger partial charge < -0.3 is 20.9 Å². The topological polar surface area (TPSA) is 70.3 Å². The van der Waals surface area contributed by atoms with Crippen molar-refractivity contribution in [3.63, 3.8) is 0 Å². The van der Waals surface area contributed by atoms with Crippen LogP contribution in [0.4, 0.5) is 27.3 Å². The van der Waals surface area contributed by atoms with Crippen LogP contribution < -0.4 is 16.0 Å². The van der Waals surface area contributed by atoms with Gasteiger partial charge in [0.05, 0.1) is 32.6 Å². The zero-order valence-corrected chi connectivity index (χ0v) is 16.7. The lowest BCUT2D eigenvalue weighted by Crippen LogP contribution is -2.44. The molecular weight excluding hydrogens is 402 g/mol. The van der Waals surface area contributed by atoms with E-state index in [4.69, 9.17) is 28.9 Å². The zero-order chi connectivity index (χ0) is 19.8. The van der Waals surface area contributed by atoms with E-state index in [1.807, 2.05) is 12.1 Å². The lowest BCUT2D eigenvalue weighted by molar-refractivity contribution is 0.313. The van der Waals surface area contributed by atoms with Crippen LogP contribution >= 0.6 is 23.2 Å². The first kappa shape index (κ1) is 19.0. The van der Waals surface area contributed by atoms with E-state index < -0.39 is 5.82 Å². The van der Waals surface area contributed by atoms with E-state index in [0.29, 0.717) is 16.9 Å². The van der Waals surface area contributed by atoms with Gasteiger partial charge >= 0.3 is 0 Å². The predicted molar refractivity (Wildman–Crippen MR) is 113 cm³/mol. The fraction of sp³-hybridized carbons (Fsp3) is 0.263. The third-order valence-electron chi connectivity index (χ3n) is 4.89. The van der Waals surface area contributed by atoms with Crippen molar-refractivity contribution in [3.8, 4) is 0 Å². The van der Waals surface area contributed by atoms with Crippen LogP contribution in [-0.2, 0) is 0 Å². The highest BCUT2D eigenvalue weighted by Crippen LogP contribution is 2.34. The Morgan fingerprint density at radius 3 is 2.50 bits per heavy atom. The molecule has 2 heterocycles. The number of benzene rings is 2. The Morgan fingerprint density at radius 1 is 1.04 bits per heavy atom. The smallest absolute Gasteiger partial charge is 0.148 e. The second-order valence-corrected chi connectivity index (χ2v) is 7.63. The first-order valence-corrected chi connectivity index (χ1v) is 9.57. The number of rotatable bonds is 3. The Kier molecular flexibility index (Phi) is 5.14. The molecule has 0 unspecified atom stereocenters. The van der Waals surface area contributed by atoms with Crippen molar-refractivity contribution in [2.45, 2.75) is 0 Å². The summed E-state index contributed by atoms with van der Waals surface area (Å²) >= 11 is 11.9. The Hall–Kier alpha value is -2.35. The third kappa shape index (κ3) is 3.65. The van der Waals surface area contributed by atoms with Crippen molar-refractivity contribution in [1.29, 1.82) is 0 Å². The number of nitrogens with zero attached hydrogens (tertiary/aromatic N) is 4. The molecule has 0 amide bonds. The van der Waals surface area contributed by atoms with Crippen LogP contribution in [0.2, 0.25) is 10.0 Å². The summed E-state index contributed by atoms with van der Waals surface area (Å²) in [5, 5.41) is 4.07. The van der Waals surface area contributed by atoms with Gasteiger partial charge in [-0.1, -0.05) is 23.2 Å². The second kappa shape index (κ2) is 7.58. The summed E-state index contributed by atoms with van der Waals surface area (Å²) in [6.45, 7) is 3.75. The minimum absolute atomic E-state index is 0.151. The highest BCUT2D eigenvalue weighted by molar-refractivity contribution is 6.42. The van der Waals surface area contributed by atoms with Crippen molar-refractivity contribution >= 4 is 57.0 Å². The van der Waals surface area contributed by atoms with Crippen molar-refractivity contribution in [1.82, 2.24) is 14.9 Å². The van der Waals surface area contributed by atoms with Gasteiger partial charge in [-0.3, -0.25) is 0 Å². The summed E-state index contributed by atoms with van der Waals surface area (Å²) in [5.74, 6) is -0.0814. The Bertz CT molecular complexity index is 1040. The van der Waals surface area contributed by atoms with Gasteiger partial charge in [0, 0.05) is 31.6 Å². The molecule has 1 aromatic heterocycles. The van der Waals surface area contributed by atoms with Gasteiger partial charge in [0.1, 0.15) is 18.0 Å². The molecule has 1 saturated heterocycles. The standard InChI is InChI=1S/C19H19Cl2FN6/c1-27-2-4-28(5-3-27)18-9-16-11(6-15(18)23)19(25-10-24-16)26-17-8-13(21)12(20)7-14(17)22/h6-10H,2-5,23H2,1H3,(H,24,25,26). The number of hydrogen-bond donors (Lipinski definition) is 2. The van der Waals surface area contributed by atoms with E-state index in [1.54, 1.807) is 0 Å². The predicted octanol–water partition coefficient (Wildman–Crippen LogP) is 4.15. The van der Waals surface area contributed by atoms with E-state index in [-0.39, 0.29) is 15.7 Å². The van der Waals surface area contributed by atoms with Gasteiger partial charge in [-0.25, -0.2) is 14.4 Å². The molecule has 1 aliphatic heterocycles. The number of halogens is 3.